The summed E-state index contributed by atoms with van der Waals surface area (Å²) in [7, 11) is 0. The van der Waals surface area contributed by atoms with Gasteiger partial charge in [-0.25, -0.2) is 0 Å². The minimum Gasteiger partial charge on any atom is -0.342 e. The Morgan fingerprint density at radius 2 is 1.81 bits per heavy atom. The van der Waals surface area contributed by atoms with Crippen LogP contribution in [0.15, 0.2) is 42.5 Å². The van der Waals surface area contributed by atoms with Crippen molar-refractivity contribution >= 4 is 16.7 Å². The molecule has 0 N–H and O–H groups in total. The summed E-state index contributed by atoms with van der Waals surface area (Å²) in [5, 5.41) is 2.42. The molecule has 0 bridgehead atoms. The van der Waals surface area contributed by atoms with Gasteiger partial charge in [-0.2, -0.15) is 0 Å². The van der Waals surface area contributed by atoms with Crippen molar-refractivity contribution in [1.29, 1.82) is 0 Å². The molecule has 2 aromatic carbocycles. The Balaban J connectivity index is 1.72. The molecule has 21 heavy (non-hydrogen) atoms. The van der Waals surface area contributed by atoms with E-state index >= 15 is 0 Å². The SMILES string of the molecule is CCC1CCN(C(=O)Cc2cccc3ccccc23)CC1. The molecule has 1 heterocycles. The molecule has 2 nitrogen and oxygen atoms in total. The fraction of sp³-hybridized carbons (Fsp3) is 0.421. The second kappa shape index (κ2) is 6.30. The first-order chi connectivity index (χ1) is 10.3. The van der Waals surface area contributed by atoms with Crippen LogP contribution in [0.3, 0.4) is 0 Å². The summed E-state index contributed by atoms with van der Waals surface area (Å²) in [5.41, 5.74) is 1.15. The van der Waals surface area contributed by atoms with Crippen molar-refractivity contribution in [2.24, 2.45) is 5.92 Å². The summed E-state index contributed by atoms with van der Waals surface area (Å²) >= 11 is 0. The number of likely N-dealkylation sites (tertiary alicyclic amines) is 1. The molecule has 0 aromatic heterocycles. The van der Waals surface area contributed by atoms with E-state index in [1.165, 1.54) is 17.2 Å². The number of benzene rings is 2. The van der Waals surface area contributed by atoms with Gasteiger partial charge in [0.1, 0.15) is 0 Å². The maximum atomic E-state index is 12.5. The van der Waals surface area contributed by atoms with Crippen LogP contribution in [0.4, 0.5) is 0 Å². The number of carbonyl (C=O) groups is 1. The van der Waals surface area contributed by atoms with E-state index in [4.69, 9.17) is 0 Å². The van der Waals surface area contributed by atoms with Gasteiger partial charge in [0.15, 0.2) is 0 Å². The summed E-state index contributed by atoms with van der Waals surface area (Å²) in [4.78, 5) is 14.6. The number of carbonyl (C=O) groups excluding carboxylic acids is 1. The Bertz CT molecular complexity index is 621. The first kappa shape index (κ1) is 14.1. The molecule has 1 amide bonds. The predicted molar refractivity (Wildman–Crippen MR) is 87.2 cm³/mol. The van der Waals surface area contributed by atoms with Crippen LogP contribution in [-0.2, 0) is 11.2 Å². The average molecular weight is 281 g/mol. The largest absolute Gasteiger partial charge is 0.342 e. The van der Waals surface area contributed by atoms with Crippen LogP contribution >= 0.6 is 0 Å². The molecule has 0 unspecified atom stereocenters. The molecule has 110 valence electrons. The minimum absolute atomic E-state index is 0.279. The molecule has 3 rings (SSSR count). The van der Waals surface area contributed by atoms with E-state index in [0.29, 0.717) is 6.42 Å². The maximum Gasteiger partial charge on any atom is 0.227 e. The summed E-state index contributed by atoms with van der Waals surface area (Å²) in [6, 6.07) is 14.5. The molecule has 0 saturated carbocycles. The van der Waals surface area contributed by atoms with E-state index in [1.54, 1.807) is 0 Å². The lowest BCUT2D eigenvalue weighted by atomic mass is 9.94. The third-order valence-corrected chi connectivity index (χ3v) is 4.77. The lowest BCUT2D eigenvalue weighted by Gasteiger charge is -2.31. The number of fused-ring (bicyclic) bond motifs is 1. The van der Waals surface area contributed by atoms with E-state index < -0.39 is 0 Å². The number of rotatable bonds is 3. The standard InChI is InChI=1S/C19H23NO/c1-2-15-10-12-20(13-11-15)19(21)14-17-8-5-7-16-6-3-4-9-18(16)17/h3-9,15H,2,10-14H2,1H3. The summed E-state index contributed by atoms with van der Waals surface area (Å²) < 4.78 is 0. The summed E-state index contributed by atoms with van der Waals surface area (Å²) in [6.07, 6.45) is 4.10. The smallest absolute Gasteiger partial charge is 0.227 e. The minimum atomic E-state index is 0.279. The van der Waals surface area contributed by atoms with Crippen LogP contribution in [0.25, 0.3) is 10.8 Å². The zero-order valence-corrected chi connectivity index (χ0v) is 12.7. The zero-order valence-electron chi connectivity index (χ0n) is 12.7. The van der Waals surface area contributed by atoms with Crippen molar-refractivity contribution < 1.29 is 4.79 Å². The molecule has 1 aliphatic heterocycles. The van der Waals surface area contributed by atoms with Crippen molar-refractivity contribution in [1.82, 2.24) is 4.90 Å². The van der Waals surface area contributed by atoms with Gasteiger partial charge in [0.25, 0.3) is 0 Å². The molecule has 1 aliphatic rings. The van der Waals surface area contributed by atoms with Crippen molar-refractivity contribution in [2.45, 2.75) is 32.6 Å². The van der Waals surface area contributed by atoms with E-state index in [-0.39, 0.29) is 5.91 Å². The molecule has 0 atom stereocenters. The quantitative estimate of drug-likeness (QED) is 0.831. The third-order valence-electron chi connectivity index (χ3n) is 4.77. The van der Waals surface area contributed by atoms with Crippen molar-refractivity contribution in [2.75, 3.05) is 13.1 Å². The molecule has 0 aliphatic carbocycles. The van der Waals surface area contributed by atoms with Gasteiger partial charge in [-0.3, -0.25) is 4.79 Å². The Morgan fingerprint density at radius 3 is 2.57 bits per heavy atom. The fourth-order valence-corrected chi connectivity index (χ4v) is 3.31. The van der Waals surface area contributed by atoms with E-state index in [9.17, 15) is 4.79 Å². The fourth-order valence-electron chi connectivity index (χ4n) is 3.31. The highest BCUT2D eigenvalue weighted by atomic mass is 16.2. The lowest BCUT2D eigenvalue weighted by molar-refractivity contribution is -0.131. The van der Waals surface area contributed by atoms with Crippen LogP contribution in [-0.4, -0.2) is 23.9 Å². The Kier molecular flexibility index (Phi) is 4.23. The molecular formula is C19H23NO. The second-order valence-corrected chi connectivity index (χ2v) is 6.05. The zero-order chi connectivity index (χ0) is 14.7. The second-order valence-electron chi connectivity index (χ2n) is 6.05. The first-order valence-electron chi connectivity index (χ1n) is 8.02. The maximum absolute atomic E-state index is 12.5. The normalized spacial score (nSPS) is 16.3. The summed E-state index contributed by atoms with van der Waals surface area (Å²) in [5.74, 6) is 1.09. The van der Waals surface area contributed by atoms with Crippen LogP contribution in [0.1, 0.15) is 31.7 Å². The highest BCUT2D eigenvalue weighted by molar-refractivity contribution is 5.90. The highest BCUT2D eigenvalue weighted by Gasteiger charge is 2.22. The van der Waals surface area contributed by atoms with Gasteiger partial charge in [-0.15, -0.1) is 0 Å². The molecule has 2 aromatic rings. The van der Waals surface area contributed by atoms with E-state index in [0.717, 1.165) is 37.4 Å². The molecule has 0 spiro atoms. The molecule has 2 heteroatoms. The number of piperidine rings is 1. The van der Waals surface area contributed by atoms with Crippen molar-refractivity contribution in [3.8, 4) is 0 Å². The Morgan fingerprint density at radius 1 is 1.10 bits per heavy atom. The van der Waals surface area contributed by atoms with Gasteiger partial charge >= 0.3 is 0 Å². The van der Waals surface area contributed by atoms with Gasteiger partial charge in [-0.05, 0) is 35.1 Å². The number of hydrogen-bond donors (Lipinski definition) is 0. The lowest BCUT2D eigenvalue weighted by Crippen LogP contribution is -2.39. The van der Waals surface area contributed by atoms with Gasteiger partial charge in [0, 0.05) is 13.1 Å². The van der Waals surface area contributed by atoms with Crippen LogP contribution < -0.4 is 0 Å². The monoisotopic (exact) mass is 281 g/mol. The number of amides is 1. The first-order valence-corrected chi connectivity index (χ1v) is 8.02. The molecular weight excluding hydrogens is 258 g/mol. The Hall–Kier alpha value is -1.83. The number of nitrogens with zero attached hydrogens (tertiary/aromatic N) is 1. The Labute approximate surface area is 126 Å². The molecule has 1 fully saturated rings. The predicted octanol–water partition coefficient (Wildman–Crippen LogP) is 4.03. The average Bonchev–Trinajstić information content (AvgIpc) is 2.55. The van der Waals surface area contributed by atoms with Crippen LogP contribution in [0.2, 0.25) is 0 Å². The van der Waals surface area contributed by atoms with Gasteiger partial charge in [0.05, 0.1) is 6.42 Å². The molecule has 0 radical (unpaired) electrons. The topological polar surface area (TPSA) is 20.3 Å². The van der Waals surface area contributed by atoms with Gasteiger partial charge < -0.3 is 4.90 Å². The van der Waals surface area contributed by atoms with E-state index in [1.807, 2.05) is 23.1 Å². The van der Waals surface area contributed by atoms with Crippen LogP contribution in [0, 0.1) is 5.92 Å². The molecule has 1 saturated heterocycles. The summed E-state index contributed by atoms with van der Waals surface area (Å²) in [6.45, 7) is 4.11. The van der Waals surface area contributed by atoms with Crippen molar-refractivity contribution in [3.05, 3.63) is 48.0 Å². The van der Waals surface area contributed by atoms with Crippen molar-refractivity contribution in [3.63, 3.8) is 0 Å². The highest BCUT2D eigenvalue weighted by Crippen LogP contribution is 2.22. The van der Waals surface area contributed by atoms with E-state index in [2.05, 4.69) is 31.2 Å². The third kappa shape index (κ3) is 3.10. The van der Waals surface area contributed by atoms with Gasteiger partial charge in [-0.1, -0.05) is 55.8 Å². The number of hydrogen-bond acceptors (Lipinski definition) is 1. The van der Waals surface area contributed by atoms with Gasteiger partial charge in [0.2, 0.25) is 5.91 Å². The van der Waals surface area contributed by atoms with Crippen LogP contribution in [0.5, 0.6) is 0 Å².